The van der Waals surface area contributed by atoms with Crippen molar-refractivity contribution in [1.82, 2.24) is 19.6 Å². The number of carbonyl (C=O) groups excluding carboxylic acids is 1. The molecule has 3 atom stereocenters. The van der Waals surface area contributed by atoms with Gasteiger partial charge in [0.05, 0.1) is 0 Å². The van der Waals surface area contributed by atoms with Crippen LogP contribution in [0.5, 0.6) is 0 Å². The minimum absolute atomic E-state index is 0.0650. The standard InChI is InChI=1S/C17H26N4O2/c1-12-6-7-13(2)21(12)14-5-4-10-20(11-14)17(23)15-8-9-16(22)19(3)18-15/h8-9,12-14H,4-7,10-11H2,1-3H3. The molecule has 126 valence electrons. The molecule has 0 spiro atoms. The molecule has 3 rings (SSSR count). The number of piperidine rings is 1. The summed E-state index contributed by atoms with van der Waals surface area (Å²) in [5, 5.41) is 4.10. The van der Waals surface area contributed by atoms with Crippen molar-refractivity contribution in [1.29, 1.82) is 0 Å². The van der Waals surface area contributed by atoms with Crippen molar-refractivity contribution in [2.45, 2.75) is 57.7 Å². The number of rotatable bonds is 2. The molecule has 0 aliphatic carbocycles. The highest BCUT2D eigenvalue weighted by atomic mass is 16.2. The predicted octanol–water partition coefficient (Wildman–Crippen LogP) is 1.26. The van der Waals surface area contributed by atoms with Gasteiger partial charge in [-0.25, -0.2) is 4.68 Å². The van der Waals surface area contributed by atoms with Gasteiger partial charge < -0.3 is 4.90 Å². The fraction of sp³-hybridized carbons (Fsp3) is 0.706. The van der Waals surface area contributed by atoms with E-state index >= 15 is 0 Å². The summed E-state index contributed by atoms with van der Waals surface area (Å²) in [6.07, 6.45) is 4.67. The van der Waals surface area contributed by atoms with E-state index < -0.39 is 0 Å². The van der Waals surface area contributed by atoms with E-state index in [9.17, 15) is 9.59 Å². The molecule has 1 aromatic rings. The van der Waals surface area contributed by atoms with E-state index in [1.165, 1.54) is 29.7 Å². The molecule has 6 nitrogen and oxygen atoms in total. The number of aromatic nitrogens is 2. The Morgan fingerprint density at radius 2 is 1.87 bits per heavy atom. The van der Waals surface area contributed by atoms with Crippen LogP contribution < -0.4 is 5.56 Å². The zero-order valence-electron chi connectivity index (χ0n) is 14.2. The van der Waals surface area contributed by atoms with Crippen LogP contribution >= 0.6 is 0 Å². The zero-order valence-corrected chi connectivity index (χ0v) is 14.2. The number of nitrogens with zero attached hydrogens (tertiary/aromatic N) is 4. The van der Waals surface area contributed by atoms with Gasteiger partial charge in [-0.1, -0.05) is 0 Å². The van der Waals surface area contributed by atoms with E-state index in [0.717, 1.165) is 25.9 Å². The topological polar surface area (TPSA) is 58.4 Å². The van der Waals surface area contributed by atoms with E-state index in [4.69, 9.17) is 0 Å². The van der Waals surface area contributed by atoms with Crippen LogP contribution in [-0.2, 0) is 7.05 Å². The van der Waals surface area contributed by atoms with Crippen LogP contribution in [0.2, 0.25) is 0 Å². The van der Waals surface area contributed by atoms with Gasteiger partial charge in [0, 0.05) is 44.3 Å². The molecular formula is C17H26N4O2. The van der Waals surface area contributed by atoms with E-state index in [1.807, 2.05) is 4.90 Å². The highest BCUT2D eigenvalue weighted by Crippen LogP contribution is 2.30. The van der Waals surface area contributed by atoms with Gasteiger partial charge in [-0.3, -0.25) is 14.5 Å². The predicted molar refractivity (Wildman–Crippen MR) is 88.4 cm³/mol. The van der Waals surface area contributed by atoms with Crippen molar-refractivity contribution in [2.75, 3.05) is 13.1 Å². The first-order valence-electron chi connectivity index (χ1n) is 8.58. The molecule has 6 heteroatoms. The molecule has 0 radical (unpaired) electrons. The average molecular weight is 318 g/mol. The van der Waals surface area contributed by atoms with Gasteiger partial charge in [0.1, 0.15) is 5.69 Å². The van der Waals surface area contributed by atoms with Crippen LogP contribution in [0.25, 0.3) is 0 Å². The van der Waals surface area contributed by atoms with Crippen LogP contribution in [0.1, 0.15) is 50.0 Å². The van der Waals surface area contributed by atoms with E-state index in [2.05, 4.69) is 23.8 Å². The quantitative estimate of drug-likeness (QED) is 0.824. The average Bonchev–Trinajstić information content (AvgIpc) is 2.88. The highest BCUT2D eigenvalue weighted by Gasteiger charge is 2.36. The summed E-state index contributed by atoms with van der Waals surface area (Å²) >= 11 is 0. The lowest BCUT2D eigenvalue weighted by Gasteiger charge is -2.41. The Hall–Kier alpha value is -1.69. The Balaban J connectivity index is 1.74. The summed E-state index contributed by atoms with van der Waals surface area (Å²) in [6.45, 7) is 6.12. The first-order valence-corrected chi connectivity index (χ1v) is 8.58. The Labute approximate surface area is 137 Å². The number of hydrogen-bond donors (Lipinski definition) is 0. The number of likely N-dealkylation sites (tertiary alicyclic amines) is 2. The van der Waals surface area contributed by atoms with Gasteiger partial charge in [0.2, 0.25) is 0 Å². The molecular weight excluding hydrogens is 292 g/mol. The van der Waals surface area contributed by atoms with Crippen LogP contribution in [-0.4, -0.2) is 56.7 Å². The Kier molecular flexibility index (Phi) is 4.53. The molecule has 23 heavy (non-hydrogen) atoms. The van der Waals surface area contributed by atoms with Gasteiger partial charge in [-0.2, -0.15) is 5.10 Å². The maximum atomic E-state index is 12.7. The fourth-order valence-corrected chi connectivity index (χ4v) is 4.10. The van der Waals surface area contributed by atoms with Gasteiger partial charge >= 0.3 is 0 Å². The van der Waals surface area contributed by atoms with Gasteiger partial charge in [0.25, 0.3) is 11.5 Å². The van der Waals surface area contributed by atoms with E-state index in [1.54, 1.807) is 7.05 Å². The first-order chi connectivity index (χ1) is 11.0. The zero-order chi connectivity index (χ0) is 16.6. The number of aryl methyl sites for hydroxylation is 1. The van der Waals surface area contributed by atoms with Gasteiger partial charge in [-0.15, -0.1) is 0 Å². The molecule has 0 saturated carbocycles. The second-order valence-electron chi connectivity index (χ2n) is 6.95. The molecule has 3 heterocycles. The lowest BCUT2D eigenvalue weighted by atomic mass is 10.0. The number of hydrogen-bond acceptors (Lipinski definition) is 4. The lowest BCUT2D eigenvalue weighted by Crippen LogP contribution is -2.52. The van der Waals surface area contributed by atoms with E-state index in [-0.39, 0.29) is 11.5 Å². The summed E-state index contributed by atoms with van der Waals surface area (Å²) in [5.74, 6) is -0.0650. The summed E-state index contributed by atoms with van der Waals surface area (Å²) in [4.78, 5) is 28.6. The van der Waals surface area contributed by atoms with Crippen molar-refractivity contribution >= 4 is 5.91 Å². The summed E-state index contributed by atoms with van der Waals surface area (Å²) in [5.41, 5.74) is 0.160. The molecule has 1 amide bonds. The van der Waals surface area contributed by atoms with Crippen molar-refractivity contribution in [3.8, 4) is 0 Å². The van der Waals surface area contributed by atoms with Gasteiger partial charge in [0.15, 0.2) is 0 Å². The largest absolute Gasteiger partial charge is 0.336 e. The maximum absolute atomic E-state index is 12.7. The van der Waals surface area contributed by atoms with Gasteiger partial charge in [-0.05, 0) is 45.6 Å². The first kappa shape index (κ1) is 16.2. The Bertz CT molecular complexity index is 632. The van der Waals surface area contributed by atoms with Crippen LogP contribution in [0.3, 0.4) is 0 Å². The second-order valence-corrected chi connectivity index (χ2v) is 6.95. The van der Waals surface area contributed by atoms with Crippen molar-refractivity contribution < 1.29 is 4.79 Å². The normalized spacial score (nSPS) is 29.0. The molecule has 0 bridgehead atoms. The molecule has 0 N–H and O–H groups in total. The van der Waals surface area contributed by atoms with Crippen LogP contribution in [0, 0.1) is 0 Å². The second kappa shape index (κ2) is 6.43. The van der Waals surface area contributed by atoms with Crippen LogP contribution in [0.4, 0.5) is 0 Å². The summed E-state index contributed by atoms with van der Waals surface area (Å²) < 4.78 is 1.22. The molecule has 2 aliphatic heterocycles. The summed E-state index contributed by atoms with van der Waals surface area (Å²) in [6, 6.07) is 4.58. The Morgan fingerprint density at radius 3 is 2.52 bits per heavy atom. The monoisotopic (exact) mass is 318 g/mol. The third-order valence-corrected chi connectivity index (χ3v) is 5.31. The van der Waals surface area contributed by atoms with Crippen molar-refractivity contribution in [3.63, 3.8) is 0 Å². The minimum Gasteiger partial charge on any atom is -0.336 e. The SMILES string of the molecule is CC1CCC(C)N1C1CCCN(C(=O)c2ccc(=O)n(C)n2)C1. The van der Waals surface area contributed by atoms with Crippen molar-refractivity contribution in [2.24, 2.45) is 7.05 Å². The minimum atomic E-state index is -0.196. The highest BCUT2D eigenvalue weighted by molar-refractivity contribution is 5.92. The molecule has 2 fully saturated rings. The van der Waals surface area contributed by atoms with Crippen LogP contribution in [0.15, 0.2) is 16.9 Å². The number of carbonyl (C=O) groups is 1. The molecule has 0 aromatic carbocycles. The third kappa shape index (κ3) is 3.17. The number of amides is 1. The smallest absolute Gasteiger partial charge is 0.274 e. The molecule has 1 aromatic heterocycles. The summed E-state index contributed by atoms with van der Waals surface area (Å²) in [7, 11) is 1.58. The molecule has 2 saturated heterocycles. The van der Waals surface area contributed by atoms with E-state index in [0.29, 0.717) is 23.8 Å². The molecule has 3 unspecified atom stereocenters. The third-order valence-electron chi connectivity index (χ3n) is 5.31. The Morgan fingerprint density at radius 1 is 1.17 bits per heavy atom. The lowest BCUT2D eigenvalue weighted by molar-refractivity contribution is 0.0480. The molecule has 2 aliphatic rings. The maximum Gasteiger partial charge on any atom is 0.274 e. The van der Waals surface area contributed by atoms with Crippen molar-refractivity contribution in [3.05, 3.63) is 28.2 Å². The fourth-order valence-electron chi connectivity index (χ4n) is 4.10.